The highest BCUT2D eigenvalue weighted by Gasteiger charge is 2.12. The van der Waals surface area contributed by atoms with Crippen LogP contribution in [0.3, 0.4) is 0 Å². The molecule has 0 saturated carbocycles. The predicted molar refractivity (Wildman–Crippen MR) is 82.6 cm³/mol. The Kier molecular flexibility index (Phi) is 6.49. The Bertz CT molecular complexity index is 388. The second kappa shape index (κ2) is 7.92. The third-order valence-electron chi connectivity index (χ3n) is 3.35. The summed E-state index contributed by atoms with van der Waals surface area (Å²) in [6.45, 7) is 10.7. The number of allylic oxidation sites excluding steroid dienone is 9. The van der Waals surface area contributed by atoms with Gasteiger partial charge in [0.15, 0.2) is 0 Å². The highest BCUT2D eigenvalue weighted by molar-refractivity contribution is 5.46. The molecule has 0 heteroatoms. The van der Waals surface area contributed by atoms with Crippen LogP contribution in [0.2, 0.25) is 0 Å². The minimum absolute atomic E-state index is 0.506. The van der Waals surface area contributed by atoms with Gasteiger partial charge in [0.25, 0.3) is 0 Å². The van der Waals surface area contributed by atoms with Crippen LogP contribution < -0.4 is 0 Å². The van der Waals surface area contributed by atoms with Gasteiger partial charge >= 0.3 is 0 Å². The van der Waals surface area contributed by atoms with Crippen LogP contribution in [-0.4, -0.2) is 0 Å². The summed E-state index contributed by atoms with van der Waals surface area (Å²) in [6.07, 6.45) is 18.1. The van der Waals surface area contributed by atoms with Gasteiger partial charge in [0, 0.05) is 5.92 Å². The van der Waals surface area contributed by atoms with Crippen LogP contribution in [-0.2, 0) is 0 Å². The third-order valence-corrected chi connectivity index (χ3v) is 3.35. The van der Waals surface area contributed by atoms with E-state index in [1.54, 1.807) is 0 Å². The molecule has 0 N–H and O–H groups in total. The van der Waals surface area contributed by atoms with Crippen molar-refractivity contribution >= 4 is 0 Å². The maximum absolute atomic E-state index is 4.16. The van der Waals surface area contributed by atoms with Crippen LogP contribution in [0.15, 0.2) is 59.8 Å². The lowest BCUT2D eigenvalue weighted by atomic mass is 9.86. The van der Waals surface area contributed by atoms with Crippen molar-refractivity contribution in [2.24, 2.45) is 5.92 Å². The minimum atomic E-state index is 0.506. The van der Waals surface area contributed by atoms with Crippen LogP contribution in [0.25, 0.3) is 0 Å². The van der Waals surface area contributed by atoms with Crippen LogP contribution in [0.5, 0.6) is 0 Å². The molecule has 0 aliphatic heterocycles. The Morgan fingerprint density at radius 2 is 2.00 bits per heavy atom. The topological polar surface area (TPSA) is 0 Å². The molecule has 98 valence electrons. The molecule has 0 amide bonds. The fourth-order valence-electron chi connectivity index (χ4n) is 2.22. The molecule has 0 spiro atoms. The first-order valence-electron chi connectivity index (χ1n) is 7.09. The molecular formula is C18H26. The van der Waals surface area contributed by atoms with Gasteiger partial charge in [-0.3, -0.25) is 0 Å². The lowest BCUT2D eigenvalue weighted by Crippen LogP contribution is -2.04. The van der Waals surface area contributed by atoms with E-state index in [2.05, 4.69) is 63.8 Å². The van der Waals surface area contributed by atoms with E-state index in [0.29, 0.717) is 5.92 Å². The molecule has 0 nitrogen and oxygen atoms in total. The van der Waals surface area contributed by atoms with E-state index in [1.807, 2.05) is 0 Å². The van der Waals surface area contributed by atoms with E-state index < -0.39 is 0 Å². The SMILES string of the molecule is C=C1C=CC(C(C)=CCC)=CC1CCC=CCC. The molecule has 0 heterocycles. The van der Waals surface area contributed by atoms with Gasteiger partial charge in [-0.15, -0.1) is 0 Å². The number of hydrogen-bond donors (Lipinski definition) is 0. The molecule has 1 aliphatic rings. The van der Waals surface area contributed by atoms with E-state index in [4.69, 9.17) is 0 Å². The smallest absolute Gasteiger partial charge is 0.00241 e. The van der Waals surface area contributed by atoms with Crippen molar-refractivity contribution in [3.8, 4) is 0 Å². The van der Waals surface area contributed by atoms with Gasteiger partial charge in [0.05, 0.1) is 0 Å². The molecule has 1 aliphatic carbocycles. The van der Waals surface area contributed by atoms with E-state index >= 15 is 0 Å². The second-order valence-electron chi connectivity index (χ2n) is 4.89. The van der Waals surface area contributed by atoms with Crippen LogP contribution in [0.1, 0.15) is 46.5 Å². The Labute approximate surface area is 112 Å². The zero-order valence-electron chi connectivity index (χ0n) is 12.1. The van der Waals surface area contributed by atoms with E-state index in [0.717, 1.165) is 19.3 Å². The molecule has 0 saturated heterocycles. The average Bonchev–Trinajstić information content (AvgIpc) is 2.37. The third kappa shape index (κ3) is 4.52. The Balaban J connectivity index is 2.67. The fourth-order valence-corrected chi connectivity index (χ4v) is 2.22. The van der Waals surface area contributed by atoms with Crippen LogP contribution in [0, 0.1) is 5.92 Å². The summed E-state index contributed by atoms with van der Waals surface area (Å²) in [6, 6.07) is 0. The summed E-state index contributed by atoms with van der Waals surface area (Å²) >= 11 is 0. The first-order chi connectivity index (χ1) is 8.69. The molecule has 1 unspecified atom stereocenters. The van der Waals surface area contributed by atoms with Gasteiger partial charge in [-0.05, 0) is 49.3 Å². The highest BCUT2D eigenvalue weighted by atomic mass is 14.2. The summed E-state index contributed by atoms with van der Waals surface area (Å²) in [5, 5.41) is 0. The summed E-state index contributed by atoms with van der Waals surface area (Å²) < 4.78 is 0. The average molecular weight is 242 g/mol. The lowest BCUT2D eigenvalue weighted by molar-refractivity contribution is 0.691. The summed E-state index contributed by atoms with van der Waals surface area (Å²) in [5.74, 6) is 0.506. The molecule has 0 bridgehead atoms. The first-order valence-corrected chi connectivity index (χ1v) is 7.09. The zero-order valence-corrected chi connectivity index (χ0v) is 12.1. The fraction of sp³-hybridized carbons (Fsp3) is 0.444. The van der Waals surface area contributed by atoms with Gasteiger partial charge in [-0.1, -0.05) is 56.9 Å². The number of hydrogen-bond acceptors (Lipinski definition) is 0. The van der Waals surface area contributed by atoms with Gasteiger partial charge in [-0.25, -0.2) is 0 Å². The normalized spacial score (nSPS) is 20.6. The van der Waals surface area contributed by atoms with Crippen molar-refractivity contribution in [2.45, 2.75) is 46.5 Å². The monoisotopic (exact) mass is 242 g/mol. The van der Waals surface area contributed by atoms with E-state index in [1.165, 1.54) is 23.1 Å². The Morgan fingerprint density at radius 1 is 1.22 bits per heavy atom. The summed E-state index contributed by atoms with van der Waals surface area (Å²) in [4.78, 5) is 0. The Morgan fingerprint density at radius 3 is 2.67 bits per heavy atom. The van der Waals surface area contributed by atoms with Gasteiger partial charge < -0.3 is 0 Å². The zero-order chi connectivity index (χ0) is 13.4. The standard InChI is InChI=1S/C18H26/c1-5-7-8-9-11-17-14-18(13-12-16(17)4)15(3)10-6-2/h7-8,10,12-14,17H,4-6,9,11H2,1-3H3. The van der Waals surface area contributed by atoms with Crippen molar-refractivity contribution in [3.63, 3.8) is 0 Å². The second-order valence-corrected chi connectivity index (χ2v) is 4.89. The maximum Gasteiger partial charge on any atom is 0.00241 e. The van der Waals surface area contributed by atoms with Crippen molar-refractivity contribution in [3.05, 3.63) is 59.8 Å². The predicted octanol–water partition coefficient (Wildman–Crippen LogP) is 5.76. The van der Waals surface area contributed by atoms with Crippen LogP contribution in [0.4, 0.5) is 0 Å². The highest BCUT2D eigenvalue weighted by Crippen LogP contribution is 2.28. The quantitative estimate of drug-likeness (QED) is 0.520. The molecule has 0 fully saturated rings. The van der Waals surface area contributed by atoms with E-state index in [-0.39, 0.29) is 0 Å². The Hall–Kier alpha value is -1.30. The molecule has 0 aromatic heterocycles. The van der Waals surface area contributed by atoms with Crippen molar-refractivity contribution in [1.82, 2.24) is 0 Å². The molecule has 1 rings (SSSR count). The van der Waals surface area contributed by atoms with Crippen molar-refractivity contribution in [2.75, 3.05) is 0 Å². The van der Waals surface area contributed by atoms with E-state index in [9.17, 15) is 0 Å². The molecular weight excluding hydrogens is 216 g/mol. The largest absolute Gasteiger partial charge is 0.0952 e. The first kappa shape index (κ1) is 14.8. The van der Waals surface area contributed by atoms with Gasteiger partial charge in [0.2, 0.25) is 0 Å². The lowest BCUT2D eigenvalue weighted by Gasteiger charge is -2.19. The molecule has 0 aromatic rings. The molecule has 0 radical (unpaired) electrons. The molecule has 18 heavy (non-hydrogen) atoms. The molecule has 0 aromatic carbocycles. The summed E-state index contributed by atoms with van der Waals surface area (Å²) in [7, 11) is 0. The minimum Gasteiger partial charge on any atom is -0.0952 e. The summed E-state index contributed by atoms with van der Waals surface area (Å²) in [5.41, 5.74) is 4.00. The number of rotatable bonds is 6. The van der Waals surface area contributed by atoms with Crippen molar-refractivity contribution in [1.29, 1.82) is 0 Å². The van der Waals surface area contributed by atoms with Gasteiger partial charge in [-0.2, -0.15) is 0 Å². The maximum atomic E-state index is 4.16. The van der Waals surface area contributed by atoms with Crippen molar-refractivity contribution < 1.29 is 0 Å². The van der Waals surface area contributed by atoms with Crippen LogP contribution >= 0.6 is 0 Å². The molecule has 1 atom stereocenters. The van der Waals surface area contributed by atoms with Gasteiger partial charge in [0.1, 0.15) is 0 Å².